The molecular weight excluding hydrogens is 330 g/mol. The summed E-state index contributed by atoms with van der Waals surface area (Å²) >= 11 is 0. The second-order valence-electron chi connectivity index (χ2n) is 5.68. The highest BCUT2D eigenvalue weighted by Crippen LogP contribution is 2.28. The van der Waals surface area contributed by atoms with Crippen LogP contribution in [0.4, 0.5) is 0 Å². The molecule has 0 fully saturated rings. The average Bonchev–Trinajstić information content (AvgIpc) is 3.38. The van der Waals surface area contributed by atoms with Crippen molar-refractivity contribution in [2.75, 3.05) is 0 Å². The maximum Gasteiger partial charge on any atom is 0.138 e. The number of nitrogens with one attached hydrogen (secondary N) is 2. The molecule has 9 nitrogen and oxygen atoms in total. The van der Waals surface area contributed by atoms with Gasteiger partial charge < -0.3 is 0 Å². The first-order valence-corrected chi connectivity index (χ1v) is 8.14. The molecule has 4 aromatic rings. The SMILES string of the molecule is c1ccc(C(c2ccccn2)N(Cc2ncn[nH]2)Cc2ncn[nH]2)nc1. The predicted octanol–water partition coefficient (Wildman–Crippen LogP) is 1.50. The standard InChI is InChI=1S/C17H17N9/c1-3-7-18-13(5-1)17(14-6-2-4-8-19-14)26(9-15-20-11-22-24-15)10-16-21-12-23-25-16/h1-8,11-12,17H,9-10H2,(H,20,22,24)(H,21,23,25). The summed E-state index contributed by atoms with van der Waals surface area (Å²) in [6.07, 6.45) is 6.57. The van der Waals surface area contributed by atoms with Gasteiger partial charge in [0.05, 0.1) is 30.5 Å². The van der Waals surface area contributed by atoms with E-state index >= 15 is 0 Å². The highest BCUT2D eigenvalue weighted by molar-refractivity contribution is 5.22. The van der Waals surface area contributed by atoms with E-state index in [1.807, 2.05) is 36.4 Å². The number of nitrogens with zero attached hydrogens (tertiary/aromatic N) is 7. The van der Waals surface area contributed by atoms with E-state index in [2.05, 4.69) is 45.2 Å². The molecule has 0 saturated carbocycles. The van der Waals surface area contributed by atoms with E-state index < -0.39 is 0 Å². The monoisotopic (exact) mass is 347 g/mol. The number of aromatic nitrogens is 8. The fraction of sp³-hybridized carbons (Fsp3) is 0.176. The molecule has 0 aliphatic heterocycles. The summed E-state index contributed by atoms with van der Waals surface area (Å²) in [7, 11) is 0. The first-order valence-electron chi connectivity index (χ1n) is 8.14. The summed E-state index contributed by atoms with van der Waals surface area (Å²) in [5, 5.41) is 13.7. The maximum absolute atomic E-state index is 4.56. The molecule has 0 bridgehead atoms. The molecule has 4 aromatic heterocycles. The highest BCUT2D eigenvalue weighted by atomic mass is 15.3. The Morgan fingerprint density at radius 1 is 0.731 bits per heavy atom. The van der Waals surface area contributed by atoms with Gasteiger partial charge in [-0.25, -0.2) is 9.97 Å². The molecule has 0 saturated heterocycles. The second-order valence-corrected chi connectivity index (χ2v) is 5.68. The summed E-state index contributed by atoms with van der Waals surface area (Å²) < 4.78 is 0. The number of hydrogen-bond acceptors (Lipinski definition) is 7. The molecule has 0 unspecified atom stereocenters. The van der Waals surface area contributed by atoms with E-state index in [0.29, 0.717) is 13.1 Å². The van der Waals surface area contributed by atoms with E-state index in [1.54, 1.807) is 12.4 Å². The van der Waals surface area contributed by atoms with Crippen molar-refractivity contribution in [2.45, 2.75) is 19.1 Å². The van der Waals surface area contributed by atoms with Crippen molar-refractivity contribution in [3.63, 3.8) is 0 Å². The Balaban J connectivity index is 1.74. The first-order chi connectivity index (χ1) is 12.9. The Bertz CT molecular complexity index is 816. The lowest BCUT2D eigenvalue weighted by atomic mass is 10.1. The van der Waals surface area contributed by atoms with Gasteiger partial charge in [-0.05, 0) is 24.3 Å². The molecule has 0 amide bonds. The minimum absolute atomic E-state index is 0.174. The van der Waals surface area contributed by atoms with E-state index in [-0.39, 0.29) is 6.04 Å². The Kier molecular flexibility index (Phi) is 4.70. The molecule has 0 spiro atoms. The molecule has 0 aliphatic carbocycles. The van der Waals surface area contributed by atoms with Crippen LogP contribution in [0.3, 0.4) is 0 Å². The van der Waals surface area contributed by atoms with Gasteiger partial charge in [0.15, 0.2) is 0 Å². The summed E-state index contributed by atoms with van der Waals surface area (Å²) in [5.41, 5.74) is 1.79. The van der Waals surface area contributed by atoms with Crippen molar-refractivity contribution in [3.05, 3.63) is 84.5 Å². The van der Waals surface area contributed by atoms with Crippen LogP contribution in [0.2, 0.25) is 0 Å². The smallest absolute Gasteiger partial charge is 0.138 e. The van der Waals surface area contributed by atoms with Crippen LogP contribution < -0.4 is 0 Å². The molecule has 0 aromatic carbocycles. The molecular formula is C17H17N9. The van der Waals surface area contributed by atoms with E-state index in [1.165, 1.54) is 12.7 Å². The lowest BCUT2D eigenvalue weighted by Gasteiger charge is -2.29. The lowest BCUT2D eigenvalue weighted by molar-refractivity contribution is 0.190. The fourth-order valence-electron chi connectivity index (χ4n) is 2.84. The molecule has 0 aliphatic rings. The molecule has 0 atom stereocenters. The first kappa shape index (κ1) is 16.0. The zero-order valence-electron chi connectivity index (χ0n) is 13.9. The third kappa shape index (κ3) is 3.62. The van der Waals surface area contributed by atoms with E-state index in [9.17, 15) is 0 Å². The van der Waals surface area contributed by atoms with Crippen LogP contribution in [-0.4, -0.2) is 45.2 Å². The normalized spacial score (nSPS) is 11.3. The maximum atomic E-state index is 4.56. The second kappa shape index (κ2) is 7.62. The molecule has 26 heavy (non-hydrogen) atoms. The average molecular weight is 347 g/mol. The Morgan fingerprint density at radius 2 is 1.27 bits per heavy atom. The van der Waals surface area contributed by atoms with Crippen molar-refractivity contribution >= 4 is 0 Å². The van der Waals surface area contributed by atoms with Crippen LogP contribution in [-0.2, 0) is 13.1 Å². The summed E-state index contributed by atoms with van der Waals surface area (Å²) in [5.74, 6) is 1.50. The van der Waals surface area contributed by atoms with Crippen LogP contribution >= 0.6 is 0 Å². The summed E-state index contributed by atoms with van der Waals surface area (Å²) in [6.45, 7) is 1.05. The summed E-state index contributed by atoms with van der Waals surface area (Å²) in [6, 6.07) is 11.6. The molecule has 2 N–H and O–H groups in total. The van der Waals surface area contributed by atoms with Crippen molar-refractivity contribution in [3.8, 4) is 0 Å². The van der Waals surface area contributed by atoms with Gasteiger partial charge in [-0.2, -0.15) is 10.2 Å². The molecule has 4 heterocycles. The van der Waals surface area contributed by atoms with Gasteiger partial charge in [-0.15, -0.1) is 0 Å². The molecule has 130 valence electrons. The van der Waals surface area contributed by atoms with Crippen molar-refractivity contribution in [1.29, 1.82) is 0 Å². The van der Waals surface area contributed by atoms with Gasteiger partial charge >= 0.3 is 0 Å². The van der Waals surface area contributed by atoms with Crippen molar-refractivity contribution in [2.24, 2.45) is 0 Å². The van der Waals surface area contributed by atoms with Gasteiger partial charge in [0.25, 0.3) is 0 Å². The third-order valence-corrected chi connectivity index (χ3v) is 3.94. The minimum Gasteiger partial charge on any atom is -0.275 e. The zero-order valence-corrected chi connectivity index (χ0v) is 13.9. The summed E-state index contributed by atoms with van der Waals surface area (Å²) in [4.78, 5) is 19.8. The van der Waals surface area contributed by atoms with Crippen molar-refractivity contribution < 1.29 is 0 Å². The number of H-pyrrole nitrogens is 2. The van der Waals surface area contributed by atoms with Crippen LogP contribution in [0.1, 0.15) is 29.1 Å². The fourth-order valence-corrected chi connectivity index (χ4v) is 2.84. The topological polar surface area (TPSA) is 112 Å². The van der Waals surface area contributed by atoms with Crippen LogP contribution in [0.5, 0.6) is 0 Å². The Labute approximate surface area is 149 Å². The Hall–Kier alpha value is -3.46. The molecule has 4 rings (SSSR count). The van der Waals surface area contributed by atoms with Gasteiger partial charge in [0.1, 0.15) is 24.3 Å². The van der Waals surface area contributed by atoms with Crippen LogP contribution in [0, 0.1) is 0 Å². The number of hydrogen-bond donors (Lipinski definition) is 2. The molecule has 0 radical (unpaired) electrons. The van der Waals surface area contributed by atoms with Gasteiger partial charge in [0.2, 0.25) is 0 Å². The third-order valence-electron chi connectivity index (χ3n) is 3.94. The number of aromatic amines is 2. The minimum atomic E-state index is -0.174. The van der Waals surface area contributed by atoms with Crippen LogP contribution in [0.15, 0.2) is 61.4 Å². The van der Waals surface area contributed by atoms with Crippen molar-refractivity contribution in [1.82, 2.24) is 45.2 Å². The van der Waals surface area contributed by atoms with Crippen LogP contribution in [0.25, 0.3) is 0 Å². The Morgan fingerprint density at radius 3 is 1.65 bits per heavy atom. The van der Waals surface area contributed by atoms with Gasteiger partial charge in [-0.1, -0.05) is 12.1 Å². The predicted molar refractivity (Wildman–Crippen MR) is 92.3 cm³/mol. The van der Waals surface area contributed by atoms with E-state index in [0.717, 1.165) is 23.0 Å². The van der Waals surface area contributed by atoms with E-state index in [4.69, 9.17) is 0 Å². The number of rotatable bonds is 7. The molecule has 9 heteroatoms. The quantitative estimate of drug-likeness (QED) is 0.521. The van der Waals surface area contributed by atoms with Gasteiger partial charge in [0, 0.05) is 12.4 Å². The zero-order chi connectivity index (χ0) is 17.6. The lowest BCUT2D eigenvalue weighted by Crippen LogP contribution is -2.31. The number of pyridine rings is 2. The largest absolute Gasteiger partial charge is 0.275 e. The van der Waals surface area contributed by atoms with Gasteiger partial charge in [-0.3, -0.25) is 25.1 Å². The highest BCUT2D eigenvalue weighted by Gasteiger charge is 2.26.